The second-order valence-corrected chi connectivity index (χ2v) is 4.13. The van der Waals surface area contributed by atoms with Gasteiger partial charge in [-0.05, 0) is 20.4 Å². The fraction of sp³-hybridized carbons (Fsp3) is 0.417. The maximum Gasteiger partial charge on any atom is 0.320 e. The number of carbonyl (C=O) groups is 1. The van der Waals surface area contributed by atoms with Crippen molar-refractivity contribution in [3.05, 3.63) is 39.9 Å². The minimum atomic E-state index is -0.903. The average Bonchev–Trinajstić information content (AvgIpc) is 2.35. The topological polar surface area (TPSA) is 83.7 Å². The van der Waals surface area contributed by atoms with Crippen LogP contribution < -0.4 is 0 Å². The lowest BCUT2D eigenvalue weighted by atomic mass is 10.1. The van der Waals surface area contributed by atoms with Crippen LogP contribution in [0.1, 0.15) is 12.5 Å². The van der Waals surface area contributed by atoms with Crippen LogP contribution in [0.2, 0.25) is 0 Å². The van der Waals surface area contributed by atoms with Crippen molar-refractivity contribution in [2.24, 2.45) is 0 Å². The molecule has 1 aromatic rings. The molecule has 1 rings (SSSR count). The predicted octanol–water partition coefficient (Wildman–Crippen LogP) is 1.54. The third-order valence-corrected chi connectivity index (χ3v) is 2.94. The summed E-state index contributed by atoms with van der Waals surface area (Å²) in [5.74, 6) is -0.903. The molecule has 0 bridgehead atoms. The molecule has 0 saturated carbocycles. The van der Waals surface area contributed by atoms with E-state index in [1.54, 1.807) is 37.1 Å². The van der Waals surface area contributed by atoms with E-state index < -0.39 is 16.9 Å². The molecule has 1 aromatic carbocycles. The van der Waals surface area contributed by atoms with Crippen LogP contribution in [0, 0.1) is 10.1 Å². The highest BCUT2D eigenvalue weighted by molar-refractivity contribution is 5.72. The van der Waals surface area contributed by atoms with Crippen LogP contribution in [0.3, 0.4) is 0 Å². The molecule has 1 N–H and O–H groups in total. The maximum atomic E-state index is 10.8. The Morgan fingerprint density at radius 1 is 1.50 bits per heavy atom. The molecule has 1 unspecified atom stereocenters. The smallest absolute Gasteiger partial charge is 0.320 e. The number of nitro groups is 1. The Kier molecular flexibility index (Phi) is 4.79. The van der Waals surface area contributed by atoms with E-state index in [9.17, 15) is 14.9 Å². The van der Waals surface area contributed by atoms with Crippen molar-refractivity contribution in [3.63, 3.8) is 0 Å². The first-order valence-electron chi connectivity index (χ1n) is 5.59. The van der Waals surface area contributed by atoms with E-state index in [2.05, 4.69) is 0 Å². The Bertz CT molecular complexity index is 447. The second-order valence-electron chi connectivity index (χ2n) is 4.13. The van der Waals surface area contributed by atoms with Gasteiger partial charge in [0.25, 0.3) is 5.69 Å². The van der Waals surface area contributed by atoms with E-state index in [4.69, 9.17) is 5.11 Å². The Morgan fingerprint density at radius 2 is 2.11 bits per heavy atom. The molecule has 98 valence electrons. The molecule has 6 heteroatoms. The quantitative estimate of drug-likeness (QED) is 0.613. The van der Waals surface area contributed by atoms with Gasteiger partial charge in [0, 0.05) is 18.2 Å². The van der Waals surface area contributed by atoms with Crippen molar-refractivity contribution in [1.29, 1.82) is 0 Å². The highest BCUT2D eigenvalue weighted by atomic mass is 16.6. The van der Waals surface area contributed by atoms with E-state index in [0.717, 1.165) is 0 Å². The SMILES string of the molecule is CC(C(=O)O)N(C)CCc1ccccc1[N+](=O)[O-]. The molecule has 0 aliphatic rings. The Balaban J connectivity index is 2.69. The summed E-state index contributed by atoms with van der Waals surface area (Å²) in [5, 5.41) is 19.6. The van der Waals surface area contributed by atoms with Gasteiger partial charge in [0.15, 0.2) is 0 Å². The second kappa shape index (κ2) is 6.11. The number of aliphatic carboxylic acids is 1. The molecule has 0 amide bonds. The minimum absolute atomic E-state index is 0.0777. The molecule has 6 nitrogen and oxygen atoms in total. The molecular weight excluding hydrogens is 236 g/mol. The van der Waals surface area contributed by atoms with Gasteiger partial charge in [0.1, 0.15) is 6.04 Å². The van der Waals surface area contributed by atoms with Crippen LogP contribution in [0.25, 0.3) is 0 Å². The van der Waals surface area contributed by atoms with Crippen LogP contribution in [-0.2, 0) is 11.2 Å². The van der Waals surface area contributed by atoms with Gasteiger partial charge in [-0.2, -0.15) is 0 Å². The fourth-order valence-electron chi connectivity index (χ4n) is 1.58. The largest absolute Gasteiger partial charge is 0.480 e. The van der Waals surface area contributed by atoms with Crippen molar-refractivity contribution >= 4 is 11.7 Å². The summed E-state index contributed by atoms with van der Waals surface area (Å²) in [7, 11) is 1.69. The number of hydrogen-bond acceptors (Lipinski definition) is 4. The zero-order valence-electron chi connectivity index (χ0n) is 10.4. The van der Waals surface area contributed by atoms with Crippen LogP contribution in [-0.4, -0.2) is 40.5 Å². The van der Waals surface area contributed by atoms with E-state index >= 15 is 0 Å². The van der Waals surface area contributed by atoms with E-state index in [-0.39, 0.29) is 5.69 Å². The summed E-state index contributed by atoms with van der Waals surface area (Å²) in [6.45, 7) is 2.04. The number of benzene rings is 1. The maximum absolute atomic E-state index is 10.8. The first-order valence-corrected chi connectivity index (χ1v) is 5.59. The molecule has 0 radical (unpaired) electrons. The molecule has 0 heterocycles. The minimum Gasteiger partial charge on any atom is -0.480 e. The molecule has 18 heavy (non-hydrogen) atoms. The van der Waals surface area contributed by atoms with Gasteiger partial charge in [0.05, 0.1) is 4.92 Å². The fourth-order valence-corrected chi connectivity index (χ4v) is 1.58. The number of carboxylic acid groups (broad SMARTS) is 1. The molecule has 0 spiro atoms. The zero-order chi connectivity index (χ0) is 13.7. The van der Waals surface area contributed by atoms with E-state index in [0.29, 0.717) is 18.5 Å². The van der Waals surface area contributed by atoms with Gasteiger partial charge < -0.3 is 5.11 Å². The van der Waals surface area contributed by atoms with Crippen LogP contribution >= 0.6 is 0 Å². The Morgan fingerprint density at radius 3 is 2.67 bits per heavy atom. The Hall–Kier alpha value is -1.95. The molecule has 0 fully saturated rings. The van der Waals surface area contributed by atoms with Crippen molar-refractivity contribution in [1.82, 2.24) is 4.90 Å². The first kappa shape index (κ1) is 14.1. The number of rotatable bonds is 6. The van der Waals surface area contributed by atoms with Gasteiger partial charge in [-0.15, -0.1) is 0 Å². The first-order chi connectivity index (χ1) is 8.43. The number of nitro benzene ring substituents is 1. The summed E-state index contributed by atoms with van der Waals surface area (Å²) < 4.78 is 0. The predicted molar refractivity (Wildman–Crippen MR) is 66.5 cm³/mol. The lowest BCUT2D eigenvalue weighted by Gasteiger charge is -2.20. The van der Waals surface area contributed by atoms with Crippen LogP contribution in [0.15, 0.2) is 24.3 Å². The van der Waals surface area contributed by atoms with Crippen molar-refractivity contribution < 1.29 is 14.8 Å². The standard InChI is InChI=1S/C12H16N2O4/c1-9(12(15)16)13(2)8-7-10-5-3-4-6-11(10)14(17)18/h3-6,9H,7-8H2,1-2H3,(H,15,16). The average molecular weight is 252 g/mol. The van der Waals surface area contributed by atoms with Crippen molar-refractivity contribution in [2.75, 3.05) is 13.6 Å². The molecular formula is C12H16N2O4. The molecule has 0 aliphatic carbocycles. The number of nitrogens with zero attached hydrogens (tertiary/aromatic N) is 2. The third kappa shape index (κ3) is 3.53. The van der Waals surface area contributed by atoms with Crippen LogP contribution in [0.4, 0.5) is 5.69 Å². The highest BCUT2D eigenvalue weighted by Crippen LogP contribution is 2.18. The molecule has 1 atom stereocenters. The van der Waals surface area contributed by atoms with Gasteiger partial charge in [-0.1, -0.05) is 18.2 Å². The third-order valence-electron chi connectivity index (χ3n) is 2.94. The summed E-state index contributed by atoms with van der Waals surface area (Å²) in [6.07, 6.45) is 0.450. The molecule has 0 aromatic heterocycles. The molecule has 0 saturated heterocycles. The summed E-state index contributed by atoms with van der Waals surface area (Å²) in [4.78, 5) is 22.8. The normalized spacial score (nSPS) is 12.4. The lowest BCUT2D eigenvalue weighted by Crippen LogP contribution is -2.37. The van der Waals surface area contributed by atoms with Crippen molar-refractivity contribution in [2.45, 2.75) is 19.4 Å². The summed E-state index contributed by atoms with van der Waals surface area (Å²) >= 11 is 0. The van der Waals surface area contributed by atoms with Crippen LogP contribution in [0.5, 0.6) is 0 Å². The lowest BCUT2D eigenvalue weighted by molar-refractivity contribution is -0.385. The van der Waals surface area contributed by atoms with Gasteiger partial charge in [-0.25, -0.2) is 0 Å². The summed E-state index contributed by atoms with van der Waals surface area (Å²) in [5.41, 5.74) is 0.695. The van der Waals surface area contributed by atoms with Gasteiger partial charge >= 0.3 is 5.97 Å². The van der Waals surface area contributed by atoms with Gasteiger partial charge in [0.2, 0.25) is 0 Å². The number of carboxylic acids is 1. The van der Waals surface area contributed by atoms with E-state index in [1.165, 1.54) is 6.07 Å². The number of para-hydroxylation sites is 1. The van der Waals surface area contributed by atoms with E-state index in [1.807, 2.05) is 0 Å². The number of likely N-dealkylation sites (N-methyl/N-ethyl adjacent to an activating group) is 1. The number of hydrogen-bond donors (Lipinski definition) is 1. The monoisotopic (exact) mass is 252 g/mol. The highest BCUT2D eigenvalue weighted by Gasteiger charge is 2.18. The summed E-state index contributed by atoms with van der Waals surface area (Å²) in [6, 6.07) is 5.90. The van der Waals surface area contributed by atoms with Gasteiger partial charge in [-0.3, -0.25) is 19.8 Å². The molecule has 0 aliphatic heterocycles. The zero-order valence-corrected chi connectivity index (χ0v) is 10.4. The van der Waals surface area contributed by atoms with Crippen molar-refractivity contribution in [3.8, 4) is 0 Å². The Labute approximate surface area is 105 Å².